The number of benzene rings is 2. The molecule has 6 rings (SSSR count). The summed E-state index contributed by atoms with van der Waals surface area (Å²) in [5.74, 6) is 2.80. The van der Waals surface area contributed by atoms with Crippen LogP contribution in [0.4, 0.5) is 0 Å². The number of rotatable bonds is 1. The largest absolute Gasteiger partial charge is 0.485 e. The van der Waals surface area contributed by atoms with E-state index < -0.39 is 0 Å². The molecular formula is C20H16N4OS. The number of nitrogens with one attached hydrogen (secondary N) is 2. The highest BCUT2D eigenvalue weighted by molar-refractivity contribution is 7.17. The molecule has 2 aromatic carbocycles. The Kier molecular flexibility index (Phi) is 2.68. The third kappa shape index (κ3) is 1.85. The fourth-order valence-electron chi connectivity index (χ4n) is 4.09. The molecule has 0 aliphatic carbocycles. The quantitative estimate of drug-likeness (QED) is 0.445. The van der Waals surface area contributed by atoms with Gasteiger partial charge in [-0.2, -0.15) is 0 Å². The van der Waals surface area contributed by atoms with Gasteiger partial charge in [-0.3, -0.25) is 0 Å². The Morgan fingerprint density at radius 3 is 2.85 bits per heavy atom. The van der Waals surface area contributed by atoms with Gasteiger partial charge in [0.1, 0.15) is 23.5 Å². The van der Waals surface area contributed by atoms with Gasteiger partial charge in [0, 0.05) is 27.6 Å². The minimum Gasteiger partial charge on any atom is -0.485 e. The van der Waals surface area contributed by atoms with Crippen LogP contribution >= 0.6 is 11.3 Å². The molecule has 1 atom stereocenters. The first-order valence-electron chi connectivity index (χ1n) is 8.68. The first-order valence-corrected chi connectivity index (χ1v) is 9.56. The number of thiophene rings is 1. The van der Waals surface area contributed by atoms with E-state index in [-0.39, 0.29) is 6.10 Å². The maximum atomic E-state index is 6.35. The van der Waals surface area contributed by atoms with E-state index in [1.165, 1.54) is 15.6 Å². The summed E-state index contributed by atoms with van der Waals surface area (Å²) in [5, 5.41) is 3.36. The maximum absolute atomic E-state index is 6.35. The zero-order chi connectivity index (χ0) is 17.4. The molecule has 4 heterocycles. The van der Waals surface area contributed by atoms with E-state index in [0.717, 1.165) is 51.4 Å². The lowest BCUT2D eigenvalue weighted by atomic mass is 10.0. The van der Waals surface area contributed by atoms with Gasteiger partial charge < -0.3 is 14.7 Å². The number of imidazole rings is 2. The van der Waals surface area contributed by atoms with E-state index in [9.17, 15) is 0 Å². The topological polar surface area (TPSA) is 66.6 Å². The Bertz CT molecular complexity index is 1330. The van der Waals surface area contributed by atoms with Gasteiger partial charge >= 0.3 is 0 Å². The number of fused-ring (bicyclic) bond motifs is 6. The number of nitrogens with zero attached hydrogens (tertiary/aromatic N) is 2. The van der Waals surface area contributed by atoms with Crippen LogP contribution in [0.25, 0.3) is 32.2 Å². The number of H-pyrrole nitrogens is 2. The Balaban J connectivity index is 1.55. The van der Waals surface area contributed by atoms with Gasteiger partial charge in [-0.25, -0.2) is 9.97 Å². The molecule has 0 saturated carbocycles. The van der Waals surface area contributed by atoms with Crippen LogP contribution in [0.3, 0.4) is 0 Å². The maximum Gasteiger partial charge on any atom is 0.130 e. The molecule has 0 radical (unpaired) electrons. The van der Waals surface area contributed by atoms with Crippen molar-refractivity contribution in [2.45, 2.75) is 26.4 Å². The summed E-state index contributed by atoms with van der Waals surface area (Å²) in [5.41, 5.74) is 6.55. The number of hydrogen-bond donors (Lipinski definition) is 2. The van der Waals surface area contributed by atoms with Gasteiger partial charge in [-0.15, -0.1) is 11.3 Å². The van der Waals surface area contributed by atoms with E-state index in [2.05, 4.69) is 32.5 Å². The molecule has 0 bridgehead atoms. The molecule has 26 heavy (non-hydrogen) atoms. The molecule has 0 amide bonds. The van der Waals surface area contributed by atoms with Crippen molar-refractivity contribution in [3.63, 3.8) is 0 Å². The SMILES string of the molecule is Cc1nc2c3c(ccc2[nH]1)OC(c1cc2sccc2c2[nH]c(C)nc12)C3. The summed E-state index contributed by atoms with van der Waals surface area (Å²) >= 11 is 1.75. The normalized spacial score (nSPS) is 16.6. The lowest BCUT2D eigenvalue weighted by Crippen LogP contribution is -2.04. The zero-order valence-electron chi connectivity index (χ0n) is 14.4. The standard InChI is InChI=1S/C20H16N4OS/c1-9-21-14-3-4-15-12(18(14)22-9)7-16(25-15)13-8-17-11(5-6-26-17)19-20(13)24-10(2)23-19/h3-6,8,16H,7H2,1-2H3,(H,21,22)(H,23,24). The molecule has 3 aromatic heterocycles. The second-order valence-electron chi connectivity index (χ2n) is 6.92. The van der Waals surface area contributed by atoms with Crippen molar-refractivity contribution in [2.75, 3.05) is 0 Å². The molecule has 5 aromatic rings. The van der Waals surface area contributed by atoms with E-state index in [0.29, 0.717) is 0 Å². The molecular weight excluding hydrogens is 344 g/mol. The predicted molar refractivity (Wildman–Crippen MR) is 104 cm³/mol. The van der Waals surface area contributed by atoms with Crippen LogP contribution in [-0.4, -0.2) is 19.9 Å². The van der Waals surface area contributed by atoms with Crippen LogP contribution in [0.2, 0.25) is 0 Å². The first kappa shape index (κ1) is 14.3. The Labute approximate surface area is 153 Å². The molecule has 2 N–H and O–H groups in total. The summed E-state index contributed by atoms with van der Waals surface area (Å²) in [6.45, 7) is 3.99. The monoisotopic (exact) mass is 360 g/mol. The molecule has 5 nitrogen and oxygen atoms in total. The minimum absolute atomic E-state index is 0.0377. The summed E-state index contributed by atoms with van der Waals surface area (Å²) < 4.78 is 7.61. The van der Waals surface area contributed by atoms with Gasteiger partial charge in [-0.05, 0) is 43.5 Å². The second kappa shape index (κ2) is 4.86. The van der Waals surface area contributed by atoms with Crippen LogP contribution in [0.1, 0.15) is 28.9 Å². The Morgan fingerprint density at radius 1 is 1.08 bits per heavy atom. The molecule has 0 saturated heterocycles. The summed E-state index contributed by atoms with van der Waals surface area (Å²) in [6, 6.07) is 8.50. The van der Waals surface area contributed by atoms with Crippen molar-refractivity contribution >= 4 is 43.5 Å². The molecule has 0 fully saturated rings. The van der Waals surface area contributed by atoms with Crippen molar-refractivity contribution in [1.82, 2.24) is 19.9 Å². The zero-order valence-corrected chi connectivity index (χ0v) is 15.2. The Morgan fingerprint density at radius 2 is 1.92 bits per heavy atom. The van der Waals surface area contributed by atoms with Gasteiger partial charge in [0.15, 0.2) is 0 Å². The summed E-state index contributed by atoms with van der Waals surface area (Å²) in [4.78, 5) is 16.2. The highest BCUT2D eigenvalue weighted by Crippen LogP contribution is 2.43. The predicted octanol–water partition coefficient (Wildman–Crippen LogP) is 4.95. The number of ether oxygens (including phenoxy) is 1. The van der Waals surface area contributed by atoms with Crippen molar-refractivity contribution in [2.24, 2.45) is 0 Å². The minimum atomic E-state index is -0.0377. The van der Waals surface area contributed by atoms with Crippen LogP contribution in [-0.2, 0) is 6.42 Å². The van der Waals surface area contributed by atoms with E-state index in [1.54, 1.807) is 11.3 Å². The lowest BCUT2D eigenvalue weighted by molar-refractivity contribution is 0.240. The first-order chi connectivity index (χ1) is 12.7. The van der Waals surface area contributed by atoms with Gasteiger partial charge in [0.05, 0.1) is 22.1 Å². The average molecular weight is 360 g/mol. The number of aromatic amines is 2. The van der Waals surface area contributed by atoms with Crippen LogP contribution in [0.15, 0.2) is 29.6 Å². The molecule has 128 valence electrons. The van der Waals surface area contributed by atoms with Gasteiger partial charge in [-0.1, -0.05) is 0 Å². The average Bonchev–Trinajstić information content (AvgIpc) is 3.35. The van der Waals surface area contributed by atoms with E-state index >= 15 is 0 Å². The smallest absolute Gasteiger partial charge is 0.130 e. The summed E-state index contributed by atoms with van der Waals surface area (Å²) in [6.07, 6.45) is 0.777. The molecule has 0 spiro atoms. The number of aryl methyl sites for hydroxylation is 2. The highest BCUT2D eigenvalue weighted by atomic mass is 32.1. The van der Waals surface area contributed by atoms with Crippen molar-refractivity contribution in [3.05, 3.63) is 52.4 Å². The third-order valence-electron chi connectivity index (χ3n) is 5.19. The van der Waals surface area contributed by atoms with Gasteiger partial charge in [0.25, 0.3) is 0 Å². The Hall–Kier alpha value is -2.86. The van der Waals surface area contributed by atoms with Crippen LogP contribution in [0, 0.1) is 13.8 Å². The van der Waals surface area contributed by atoms with E-state index in [1.807, 2.05) is 26.0 Å². The van der Waals surface area contributed by atoms with Crippen LogP contribution < -0.4 is 4.74 Å². The fraction of sp³-hybridized carbons (Fsp3) is 0.200. The third-order valence-corrected chi connectivity index (χ3v) is 6.05. The molecule has 1 unspecified atom stereocenters. The van der Waals surface area contributed by atoms with Crippen LogP contribution in [0.5, 0.6) is 5.75 Å². The van der Waals surface area contributed by atoms with Crippen molar-refractivity contribution < 1.29 is 4.74 Å². The fourth-order valence-corrected chi connectivity index (χ4v) is 4.93. The summed E-state index contributed by atoms with van der Waals surface area (Å²) in [7, 11) is 0. The number of aromatic nitrogens is 4. The molecule has 1 aliphatic rings. The second-order valence-corrected chi connectivity index (χ2v) is 7.86. The molecule has 1 aliphatic heterocycles. The van der Waals surface area contributed by atoms with E-state index in [4.69, 9.17) is 9.72 Å². The number of hydrogen-bond acceptors (Lipinski definition) is 4. The van der Waals surface area contributed by atoms with Crippen molar-refractivity contribution in [3.8, 4) is 5.75 Å². The lowest BCUT2D eigenvalue weighted by Gasteiger charge is -2.12. The molecule has 6 heteroatoms. The van der Waals surface area contributed by atoms with Crippen molar-refractivity contribution in [1.29, 1.82) is 0 Å². The highest BCUT2D eigenvalue weighted by Gasteiger charge is 2.30. The van der Waals surface area contributed by atoms with Gasteiger partial charge in [0.2, 0.25) is 0 Å².